The monoisotopic (exact) mass is 489 g/mol. The van der Waals surface area contributed by atoms with Crippen molar-refractivity contribution in [3.63, 3.8) is 0 Å². The Labute approximate surface area is 197 Å². The number of aromatic nitrogens is 2. The van der Waals surface area contributed by atoms with Crippen molar-refractivity contribution in [2.24, 2.45) is 4.99 Å². The molecule has 184 valence electrons. The summed E-state index contributed by atoms with van der Waals surface area (Å²) in [5.74, 6) is -0.616. The molecule has 13 heteroatoms. The summed E-state index contributed by atoms with van der Waals surface area (Å²) in [6.45, 7) is -3.02. The molecule has 0 saturated heterocycles. The highest BCUT2D eigenvalue weighted by molar-refractivity contribution is 6.07. The first-order valence-corrected chi connectivity index (χ1v) is 10.6. The van der Waals surface area contributed by atoms with Crippen molar-refractivity contribution in [3.8, 4) is 5.75 Å². The second-order valence-electron chi connectivity index (χ2n) is 7.63. The van der Waals surface area contributed by atoms with Gasteiger partial charge in [0.05, 0.1) is 37.0 Å². The maximum absolute atomic E-state index is 13.3. The Hall–Kier alpha value is -4.29. The Balaban J connectivity index is 1.35. The van der Waals surface area contributed by atoms with Crippen molar-refractivity contribution in [3.05, 3.63) is 53.7 Å². The fourth-order valence-corrected chi connectivity index (χ4v) is 3.37. The Morgan fingerprint density at radius 3 is 2.83 bits per heavy atom. The lowest BCUT2D eigenvalue weighted by molar-refractivity contribution is -0.120. The van der Waals surface area contributed by atoms with Gasteiger partial charge in [-0.1, -0.05) is 12.1 Å². The van der Waals surface area contributed by atoms with Crippen LogP contribution >= 0.6 is 0 Å². The number of guanidine groups is 1. The van der Waals surface area contributed by atoms with Gasteiger partial charge >= 0.3 is 6.61 Å². The molecule has 0 bridgehead atoms. The zero-order valence-corrected chi connectivity index (χ0v) is 18.3. The van der Waals surface area contributed by atoms with Crippen LogP contribution in [0, 0.1) is 0 Å². The highest BCUT2D eigenvalue weighted by Gasteiger charge is 2.17. The predicted octanol–water partition coefficient (Wildman–Crippen LogP) is 1.92. The number of nitrogens with zero attached hydrogens (tertiary/aromatic N) is 2. The number of amides is 2. The molecule has 1 aliphatic rings. The molecular formula is C22H22F3N7O3. The standard InChI is InChI=1S/C22H22F3N7O3/c23-14-8-28-22(29-9-14)31-17-5-13(6-18-16(17)10-30-32-18)20(34)27-11-19(33)26-7-12-2-1-3-15(4-12)35-21(24)25/h1-6,10,14,21H,7-9,11H2,(H,26,33)(H,27,34)(H,30,32)(H2,28,29,31). The highest BCUT2D eigenvalue weighted by Crippen LogP contribution is 2.24. The Morgan fingerprint density at radius 2 is 2.06 bits per heavy atom. The van der Waals surface area contributed by atoms with E-state index in [1.807, 2.05) is 0 Å². The number of halogens is 3. The van der Waals surface area contributed by atoms with Gasteiger partial charge in [0, 0.05) is 17.5 Å². The van der Waals surface area contributed by atoms with E-state index in [1.54, 1.807) is 24.4 Å². The third-order valence-corrected chi connectivity index (χ3v) is 5.04. The number of H-pyrrole nitrogens is 1. The van der Waals surface area contributed by atoms with E-state index >= 15 is 0 Å². The van der Waals surface area contributed by atoms with E-state index in [9.17, 15) is 22.8 Å². The zero-order valence-electron chi connectivity index (χ0n) is 18.3. The fraction of sp³-hybridized carbons (Fsp3) is 0.273. The van der Waals surface area contributed by atoms with E-state index in [0.29, 0.717) is 28.1 Å². The van der Waals surface area contributed by atoms with Crippen LogP contribution in [0.4, 0.5) is 18.9 Å². The van der Waals surface area contributed by atoms with Gasteiger partial charge in [-0.2, -0.15) is 13.9 Å². The first kappa shape index (κ1) is 23.9. The van der Waals surface area contributed by atoms with Crippen molar-refractivity contribution in [1.29, 1.82) is 0 Å². The van der Waals surface area contributed by atoms with Crippen LogP contribution in [-0.2, 0) is 11.3 Å². The van der Waals surface area contributed by atoms with Crippen LogP contribution in [0.3, 0.4) is 0 Å². The second-order valence-corrected chi connectivity index (χ2v) is 7.63. The van der Waals surface area contributed by atoms with Gasteiger partial charge in [-0.05, 0) is 29.8 Å². The molecule has 0 radical (unpaired) electrons. The maximum Gasteiger partial charge on any atom is 0.387 e. The zero-order chi connectivity index (χ0) is 24.8. The summed E-state index contributed by atoms with van der Waals surface area (Å²) < 4.78 is 42.3. The molecule has 0 fully saturated rings. The minimum atomic E-state index is -2.94. The van der Waals surface area contributed by atoms with Crippen LogP contribution in [0.15, 0.2) is 47.6 Å². The maximum atomic E-state index is 13.3. The summed E-state index contributed by atoms with van der Waals surface area (Å²) >= 11 is 0. The number of hydrogen-bond acceptors (Lipinski definition) is 7. The van der Waals surface area contributed by atoms with E-state index in [-0.39, 0.29) is 37.5 Å². The van der Waals surface area contributed by atoms with Gasteiger partial charge in [0.15, 0.2) is 5.96 Å². The van der Waals surface area contributed by atoms with Crippen molar-refractivity contribution in [2.75, 3.05) is 25.0 Å². The molecule has 3 aromatic rings. The van der Waals surface area contributed by atoms with Crippen molar-refractivity contribution >= 4 is 34.4 Å². The molecular weight excluding hydrogens is 467 g/mol. The lowest BCUT2D eigenvalue weighted by Crippen LogP contribution is -2.41. The van der Waals surface area contributed by atoms with E-state index in [2.05, 4.69) is 41.2 Å². The van der Waals surface area contributed by atoms with Crippen LogP contribution in [0.25, 0.3) is 10.9 Å². The van der Waals surface area contributed by atoms with Crippen LogP contribution in [0.5, 0.6) is 5.75 Å². The van der Waals surface area contributed by atoms with E-state index < -0.39 is 24.6 Å². The summed E-state index contributed by atoms with van der Waals surface area (Å²) in [5, 5.41) is 18.5. The average Bonchev–Trinajstić information content (AvgIpc) is 3.31. The molecule has 0 aliphatic carbocycles. The quantitative estimate of drug-likeness (QED) is 0.329. The molecule has 1 aromatic heterocycles. The summed E-state index contributed by atoms with van der Waals surface area (Å²) in [6, 6.07) is 9.10. The third-order valence-electron chi connectivity index (χ3n) is 5.04. The van der Waals surface area contributed by atoms with Crippen LogP contribution in [0.1, 0.15) is 15.9 Å². The van der Waals surface area contributed by atoms with E-state index in [0.717, 1.165) is 0 Å². The second kappa shape index (κ2) is 10.8. The molecule has 10 nitrogen and oxygen atoms in total. The molecule has 5 N–H and O–H groups in total. The van der Waals surface area contributed by atoms with Crippen molar-refractivity contribution in [1.82, 2.24) is 26.1 Å². The normalized spacial score (nSPS) is 15.3. The Bertz CT molecular complexity index is 1250. The molecule has 1 unspecified atom stereocenters. The molecule has 1 aliphatic heterocycles. The summed E-state index contributed by atoms with van der Waals surface area (Å²) in [7, 11) is 0. The largest absolute Gasteiger partial charge is 0.435 e. The molecule has 4 rings (SSSR count). The lowest BCUT2D eigenvalue weighted by atomic mass is 10.1. The fourth-order valence-electron chi connectivity index (χ4n) is 3.37. The van der Waals surface area contributed by atoms with Gasteiger partial charge in [0.2, 0.25) is 5.91 Å². The smallest absolute Gasteiger partial charge is 0.387 e. The van der Waals surface area contributed by atoms with Crippen molar-refractivity contribution in [2.45, 2.75) is 19.3 Å². The number of anilines is 1. The van der Waals surface area contributed by atoms with Gasteiger partial charge < -0.3 is 26.0 Å². The molecule has 0 saturated carbocycles. The number of carbonyl (C=O) groups excluding carboxylic acids is 2. The molecule has 0 spiro atoms. The van der Waals surface area contributed by atoms with Crippen LogP contribution < -0.4 is 26.0 Å². The highest BCUT2D eigenvalue weighted by atomic mass is 19.3. The predicted molar refractivity (Wildman–Crippen MR) is 122 cm³/mol. The number of fused-ring (bicyclic) bond motifs is 1. The molecule has 2 aromatic carbocycles. The first-order valence-electron chi connectivity index (χ1n) is 10.6. The molecule has 35 heavy (non-hydrogen) atoms. The molecule has 2 amide bonds. The summed E-state index contributed by atoms with van der Waals surface area (Å²) in [6.07, 6.45) is 0.517. The van der Waals surface area contributed by atoms with Crippen LogP contribution in [-0.4, -0.2) is 60.4 Å². The number of aromatic amines is 1. The number of carbonyl (C=O) groups is 2. The van der Waals surface area contributed by atoms with Gasteiger partial charge in [-0.25, -0.2) is 9.38 Å². The summed E-state index contributed by atoms with van der Waals surface area (Å²) in [4.78, 5) is 29.0. The lowest BCUT2D eigenvalue weighted by Gasteiger charge is -2.19. The van der Waals surface area contributed by atoms with Gasteiger partial charge in [0.1, 0.15) is 11.9 Å². The topological polar surface area (TPSA) is 133 Å². The minimum Gasteiger partial charge on any atom is -0.435 e. The van der Waals surface area contributed by atoms with Crippen molar-refractivity contribution < 1.29 is 27.5 Å². The number of ether oxygens (including phenoxy) is 1. The van der Waals surface area contributed by atoms with E-state index in [4.69, 9.17) is 0 Å². The Kier molecular flexibility index (Phi) is 7.33. The first-order chi connectivity index (χ1) is 16.9. The van der Waals surface area contributed by atoms with Crippen LogP contribution in [0.2, 0.25) is 0 Å². The van der Waals surface area contributed by atoms with Gasteiger partial charge in [0.25, 0.3) is 5.91 Å². The number of benzene rings is 2. The third kappa shape index (κ3) is 6.40. The number of alkyl halides is 3. The SMILES string of the molecule is O=C(CNC(=O)c1cc(NC2=NCC(F)CN2)c2cn[nH]c2c1)NCc1cccc(OC(F)F)c1. The van der Waals surface area contributed by atoms with E-state index in [1.165, 1.54) is 18.2 Å². The van der Waals surface area contributed by atoms with Gasteiger partial charge in [-0.3, -0.25) is 14.7 Å². The average molecular weight is 489 g/mol. The van der Waals surface area contributed by atoms with Gasteiger partial charge in [-0.15, -0.1) is 0 Å². The Morgan fingerprint density at radius 1 is 1.20 bits per heavy atom. The summed E-state index contributed by atoms with van der Waals surface area (Å²) in [5.41, 5.74) is 1.92. The number of hydrogen-bond donors (Lipinski definition) is 5. The number of rotatable bonds is 8. The number of aliphatic imine (C=N–C) groups is 1. The molecule has 1 atom stereocenters. The molecule has 2 heterocycles. The minimum absolute atomic E-state index is 0.0161. The number of nitrogens with one attached hydrogen (secondary N) is 5.